The number of nitrogens with one attached hydrogen (secondary N) is 1. The van der Waals surface area contributed by atoms with Crippen LogP contribution < -0.4 is 5.32 Å². The number of carboxylic acid groups (broad SMARTS) is 1. The average Bonchev–Trinajstić information content (AvgIpc) is 2.40. The maximum Gasteiger partial charge on any atom is 0.304 e. The lowest BCUT2D eigenvalue weighted by Gasteiger charge is -2.17. The van der Waals surface area contributed by atoms with Crippen molar-refractivity contribution in [2.75, 3.05) is 6.54 Å². The summed E-state index contributed by atoms with van der Waals surface area (Å²) >= 11 is 0. The number of hydrogen-bond donors (Lipinski definition) is 2. The van der Waals surface area contributed by atoms with Crippen LogP contribution in [-0.4, -0.2) is 23.7 Å². The van der Waals surface area contributed by atoms with E-state index in [1.165, 1.54) is 11.1 Å². The minimum atomic E-state index is -0.736. The zero-order valence-corrected chi connectivity index (χ0v) is 13.6. The van der Waals surface area contributed by atoms with Gasteiger partial charge in [-0.1, -0.05) is 51.5 Å². The van der Waals surface area contributed by atoms with E-state index in [4.69, 9.17) is 5.11 Å². The summed E-state index contributed by atoms with van der Waals surface area (Å²) in [5.74, 6) is -0.0771. The molecular weight excluding hydrogens is 262 g/mol. The van der Waals surface area contributed by atoms with Crippen molar-refractivity contribution in [2.45, 2.75) is 58.9 Å². The number of benzene rings is 1. The molecule has 0 saturated heterocycles. The molecule has 1 unspecified atom stereocenters. The zero-order valence-electron chi connectivity index (χ0n) is 13.6. The maximum atomic E-state index is 11.0. The van der Waals surface area contributed by atoms with Crippen LogP contribution in [0.4, 0.5) is 0 Å². The predicted molar refractivity (Wildman–Crippen MR) is 87.6 cm³/mol. The molecule has 118 valence electrons. The molecule has 0 aliphatic rings. The number of carbonyl (C=O) groups is 1. The van der Waals surface area contributed by atoms with E-state index >= 15 is 0 Å². The fourth-order valence-electron chi connectivity index (χ4n) is 2.48. The molecule has 0 spiro atoms. The smallest absolute Gasteiger partial charge is 0.304 e. The highest BCUT2D eigenvalue weighted by molar-refractivity contribution is 5.67. The highest BCUT2D eigenvalue weighted by atomic mass is 16.4. The van der Waals surface area contributed by atoms with Crippen molar-refractivity contribution in [3.63, 3.8) is 0 Å². The number of unbranched alkanes of at least 4 members (excludes halogenated alkanes) is 1. The largest absolute Gasteiger partial charge is 0.481 e. The number of aliphatic carboxylic acids is 1. The van der Waals surface area contributed by atoms with Crippen LogP contribution in [0.5, 0.6) is 0 Å². The van der Waals surface area contributed by atoms with Crippen molar-refractivity contribution in [3.8, 4) is 0 Å². The second kappa shape index (κ2) is 9.56. The van der Waals surface area contributed by atoms with Crippen molar-refractivity contribution in [2.24, 2.45) is 5.92 Å². The van der Waals surface area contributed by atoms with Crippen LogP contribution in [-0.2, 0) is 17.6 Å². The lowest BCUT2D eigenvalue weighted by atomic mass is 9.98. The molecule has 21 heavy (non-hydrogen) atoms. The first-order valence-corrected chi connectivity index (χ1v) is 8.04. The summed E-state index contributed by atoms with van der Waals surface area (Å²) in [7, 11) is 0. The van der Waals surface area contributed by atoms with Gasteiger partial charge >= 0.3 is 5.97 Å². The van der Waals surface area contributed by atoms with Gasteiger partial charge in [0.2, 0.25) is 0 Å². The molecule has 2 N–H and O–H groups in total. The van der Waals surface area contributed by atoms with E-state index in [9.17, 15) is 4.79 Å². The Morgan fingerprint density at radius 1 is 1.14 bits per heavy atom. The first-order valence-electron chi connectivity index (χ1n) is 8.04. The summed E-state index contributed by atoms with van der Waals surface area (Å²) in [4.78, 5) is 11.0. The Bertz CT molecular complexity index is 412. The van der Waals surface area contributed by atoms with Crippen molar-refractivity contribution >= 4 is 5.97 Å². The van der Waals surface area contributed by atoms with E-state index < -0.39 is 5.97 Å². The third kappa shape index (κ3) is 7.86. The summed E-state index contributed by atoms with van der Waals surface area (Å²) < 4.78 is 0. The van der Waals surface area contributed by atoms with Crippen LogP contribution >= 0.6 is 0 Å². The fourth-order valence-corrected chi connectivity index (χ4v) is 2.48. The summed E-state index contributed by atoms with van der Waals surface area (Å²) in [5, 5.41) is 12.4. The van der Waals surface area contributed by atoms with Gasteiger partial charge in [0, 0.05) is 6.04 Å². The molecule has 0 heterocycles. The van der Waals surface area contributed by atoms with Gasteiger partial charge < -0.3 is 10.4 Å². The van der Waals surface area contributed by atoms with E-state index in [2.05, 4.69) is 50.4 Å². The molecular formula is C18H29NO2. The normalized spacial score (nSPS) is 12.6. The Morgan fingerprint density at radius 2 is 1.71 bits per heavy atom. The van der Waals surface area contributed by atoms with Gasteiger partial charge in [0.15, 0.2) is 0 Å². The van der Waals surface area contributed by atoms with Crippen molar-refractivity contribution in [1.29, 1.82) is 0 Å². The zero-order chi connectivity index (χ0) is 15.7. The monoisotopic (exact) mass is 291 g/mol. The van der Waals surface area contributed by atoms with Gasteiger partial charge in [-0.05, 0) is 42.9 Å². The molecule has 3 heteroatoms. The molecule has 1 aromatic carbocycles. The third-order valence-electron chi connectivity index (χ3n) is 3.53. The molecule has 0 radical (unpaired) electrons. The van der Waals surface area contributed by atoms with Crippen LogP contribution in [0.25, 0.3) is 0 Å². The highest BCUT2D eigenvalue weighted by Crippen LogP contribution is 2.12. The van der Waals surface area contributed by atoms with E-state index in [1.807, 2.05) is 0 Å². The molecule has 0 bridgehead atoms. The van der Waals surface area contributed by atoms with Gasteiger partial charge in [-0.15, -0.1) is 0 Å². The lowest BCUT2D eigenvalue weighted by Crippen LogP contribution is -2.34. The van der Waals surface area contributed by atoms with Gasteiger partial charge in [-0.3, -0.25) is 4.79 Å². The minimum Gasteiger partial charge on any atom is -0.481 e. The second-order valence-corrected chi connectivity index (χ2v) is 6.22. The molecule has 0 aliphatic heterocycles. The Balaban J connectivity index is 2.57. The van der Waals surface area contributed by atoms with E-state index in [0.29, 0.717) is 5.92 Å². The summed E-state index contributed by atoms with van der Waals surface area (Å²) in [6.07, 6.45) is 4.25. The first kappa shape index (κ1) is 17.7. The van der Waals surface area contributed by atoms with Crippen LogP contribution in [0.15, 0.2) is 24.3 Å². The van der Waals surface area contributed by atoms with Crippen molar-refractivity contribution in [1.82, 2.24) is 5.32 Å². The van der Waals surface area contributed by atoms with Gasteiger partial charge in [0.1, 0.15) is 0 Å². The van der Waals surface area contributed by atoms with Crippen LogP contribution in [0, 0.1) is 5.92 Å². The minimum absolute atomic E-state index is 0.0185. The summed E-state index contributed by atoms with van der Waals surface area (Å²) in [6, 6.07) is 8.62. The SMILES string of the molecule is CCCCNC(CC(=O)O)Cc1ccc(CC(C)C)cc1. The van der Waals surface area contributed by atoms with E-state index in [-0.39, 0.29) is 12.5 Å². The molecule has 0 amide bonds. The van der Waals surface area contributed by atoms with Gasteiger partial charge in [0.05, 0.1) is 6.42 Å². The summed E-state index contributed by atoms with van der Waals surface area (Å²) in [6.45, 7) is 7.46. The molecule has 1 rings (SSSR count). The Morgan fingerprint density at radius 3 is 2.19 bits per heavy atom. The van der Waals surface area contributed by atoms with E-state index in [0.717, 1.165) is 32.2 Å². The molecule has 3 nitrogen and oxygen atoms in total. The van der Waals surface area contributed by atoms with Gasteiger partial charge in [-0.2, -0.15) is 0 Å². The molecule has 1 aromatic rings. The quantitative estimate of drug-likeness (QED) is 0.647. The van der Waals surface area contributed by atoms with Crippen LogP contribution in [0.3, 0.4) is 0 Å². The standard InChI is InChI=1S/C18H29NO2/c1-4-5-10-19-17(13-18(20)21)12-16-8-6-15(7-9-16)11-14(2)3/h6-9,14,17,19H,4-5,10-13H2,1-3H3,(H,20,21). The van der Waals surface area contributed by atoms with Gasteiger partial charge in [-0.25, -0.2) is 0 Å². The van der Waals surface area contributed by atoms with Crippen LogP contribution in [0.2, 0.25) is 0 Å². The molecule has 0 saturated carbocycles. The number of hydrogen-bond acceptors (Lipinski definition) is 2. The second-order valence-electron chi connectivity index (χ2n) is 6.22. The van der Waals surface area contributed by atoms with Crippen molar-refractivity contribution in [3.05, 3.63) is 35.4 Å². The Hall–Kier alpha value is -1.35. The molecule has 0 aliphatic carbocycles. The maximum absolute atomic E-state index is 11.0. The predicted octanol–water partition coefficient (Wildman–Crippen LogP) is 3.66. The van der Waals surface area contributed by atoms with Gasteiger partial charge in [0.25, 0.3) is 0 Å². The summed E-state index contributed by atoms with van der Waals surface area (Å²) in [5.41, 5.74) is 2.56. The fraction of sp³-hybridized carbons (Fsp3) is 0.611. The number of carboxylic acids is 1. The van der Waals surface area contributed by atoms with Crippen LogP contribution in [0.1, 0.15) is 51.2 Å². The topological polar surface area (TPSA) is 49.3 Å². The highest BCUT2D eigenvalue weighted by Gasteiger charge is 2.13. The number of rotatable bonds is 10. The average molecular weight is 291 g/mol. The molecule has 0 aromatic heterocycles. The van der Waals surface area contributed by atoms with E-state index in [1.54, 1.807) is 0 Å². The third-order valence-corrected chi connectivity index (χ3v) is 3.53. The molecule has 1 atom stereocenters. The Labute approximate surface area is 128 Å². The lowest BCUT2D eigenvalue weighted by molar-refractivity contribution is -0.137. The Kier molecular flexibility index (Phi) is 8.06. The molecule has 0 fully saturated rings. The first-order chi connectivity index (χ1) is 10.0. The van der Waals surface area contributed by atoms with Crippen molar-refractivity contribution < 1.29 is 9.90 Å².